The summed E-state index contributed by atoms with van der Waals surface area (Å²) in [6.45, 7) is 3.71. The predicted molar refractivity (Wildman–Crippen MR) is 124 cm³/mol. The molecule has 0 aromatic heterocycles. The van der Waals surface area contributed by atoms with Crippen LogP contribution >= 0.6 is 11.6 Å². The average molecular weight is 529 g/mol. The van der Waals surface area contributed by atoms with Crippen LogP contribution in [-0.4, -0.2) is 26.1 Å². The van der Waals surface area contributed by atoms with E-state index in [0.717, 1.165) is 23.3 Å². The van der Waals surface area contributed by atoms with E-state index in [1.54, 1.807) is 26.0 Å². The molecule has 0 radical (unpaired) electrons. The Morgan fingerprint density at radius 2 is 1.69 bits per heavy atom. The largest absolute Gasteiger partial charge is 0.573 e. The lowest BCUT2D eigenvalue weighted by Crippen LogP contribution is -2.18. The molecule has 0 saturated heterocycles. The van der Waals surface area contributed by atoms with E-state index in [0.29, 0.717) is 16.9 Å². The molecule has 35 heavy (non-hydrogen) atoms. The number of hydrogen-bond donors (Lipinski definition) is 2. The Bertz CT molecular complexity index is 1320. The molecule has 12 heteroatoms. The molecule has 0 aliphatic rings. The van der Waals surface area contributed by atoms with Crippen molar-refractivity contribution in [3.05, 3.63) is 81.9 Å². The molecule has 3 aromatic rings. The quantitative estimate of drug-likeness (QED) is 0.299. The van der Waals surface area contributed by atoms with Gasteiger partial charge in [-0.2, -0.15) is 13.5 Å². The fourth-order valence-corrected chi connectivity index (χ4v) is 4.17. The monoisotopic (exact) mass is 528 g/mol. The number of benzene rings is 3. The Kier molecular flexibility index (Phi) is 7.81. The van der Waals surface area contributed by atoms with Gasteiger partial charge in [0.1, 0.15) is 23.9 Å². The van der Waals surface area contributed by atoms with Crippen molar-refractivity contribution in [2.24, 2.45) is 5.10 Å². The number of nitrogens with zero attached hydrogens (tertiary/aromatic N) is 1. The number of aromatic hydroxyl groups is 1. The number of nitrogens with one attached hydrogen (secondary N) is 1. The molecule has 0 atom stereocenters. The Morgan fingerprint density at radius 3 is 2.26 bits per heavy atom. The zero-order valence-electron chi connectivity index (χ0n) is 18.4. The Morgan fingerprint density at radius 1 is 1.06 bits per heavy atom. The summed E-state index contributed by atoms with van der Waals surface area (Å²) in [7, 11) is -3.99. The molecule has 0 unspecified atom stereocenters. The van der Waals surface area contributed by atoms with Crippen molar-refractivity contribution in [2.45, 2.75) is 31.7 Å². The molecule has 0 amide bonds. The SMILES string of the molecule is Cc1cc(/C=N/NS(=O)(=O)c2ccc(O)c(Cl)c2)cc(C)c1OCc1ccc(OC(F)(F)F)cc1. The van der Waals surface area contributed by atoms with E-state index in [9.17, 15) is 26.7 Å². The minimum Gasteiger partial charge on any atom is -0.506 e. The standard InChI is InChI=1S/C23H20ClF3N2O5S/c1-14-9-17(12-28-29-35(31,32)19-7-8-21(30)20(24)11-19)10-15(2)22(14)33-13-16-3-5-18(6-4-16)34-23(25,26)27/h3-12,29-30H,13H2,1-2H3/b28-12+. The van der Waals surface area contributed by atoms with Gasteiger partial charge in [0.2, 0.25) is 0 Å². The maximum Gasteiger partial charge on any atom is 0.573 e. The van der Waals surface area contributed by atoms with E-state index in [-0.39, 0.29) is 28.0 Å². The highest BCUT2D eigenvalue weighted by Gasteiger charge is 2.30. The summed E-state index contributed by atoms with van der Waals surface area (Å²) in [6, 6.07) is 12.3. The summed E-state index contributed by atoms with van der Waals surface area (Å²) < 4.78 is 71.2. The Balaban J connectivity index is 1.65. The number of phenolic OH excluding ortho intramolecular Hbond substituents is 1. The first-order valence-electron chi connectivity index (χ1n) is 9.96. The van der Waals surface area contributed by atoms with Crippen molar-refractivity contribution in [1.82, 2.24) is 4.83 Å². The maximum atomic E-state index is 12.3. The van der Waals surface area contributed by atoms with Crippen LogP contribution in [0.25, 0.3) is 0 Å². The fourth-order valence-electron chi connectivity index (χ4n) is 3.11. The molecule has 3 rings (SSSR count). The van der Waals surface area contributed by atoms with Gasteiger partial charge in [0.05, 0.1) is 16.1 Å². The number of aryl methyl sites for hydroxylation is 2. The van der Waals surface area contributed by atoms with Crippen molar-refractivity contribution >= 4 is 27.8 Å². The molecule has 0 heterocycles. The summed E-state index contributed by atoms with van der Waals surface area (Å²) >= 11 is 5.76. The van der Waals surface area contributed by atoms with Gasteiger partial charge in [-0.25, -0.2) is 4.83 Å². The summed E-state index contributed by atoms with van der Waals surface area (Å²) in [5.41, 5.74) is 2.74. The van der Waals surface area contributed by atoms with Crippen molar-refractivity contribution in [2.75, 3.05) is 0 Å². The van der Waals surface area contributed by atoms with Gasteiger partial charge in [-0.1, -0.05) is 23.7 Å². The second-order valence-corrected chi connectivity index (χ2v) is 9.50. The van der Waals surface area contributed by atoms with E-state index in [4.69, 9.17) is 16.3 Å². The number of hydrazone groups is 1. The zero-order chi connectivity index (χ0) is 25.8. The highest BCUT2D eigenvalue weighted by molar-refractivity contribution is 7.89. The smallest absolute Gasteiger partial charge is 0.506 e. The molecular weight excluding hydrogens is 509 g/mol. The number of hydrogen-bond acceptors (Lipinski definition) is 6. The van der Waals surface area contributed by atoms with Crippen molar-refractivity contribution in [1.29, 1.82) is 0 Å². The Hall–Kier alpha value is -3.44. The number of sulfonamides is 1. The topological polar surface area (TPSA) is 97.2 Å². The zero-order valence-corrected chi connectivity index (χ0v) is 20.0. The van der Waals surface area contributed by atoms with Gasteiger partial charge in [-0.3, -0.25) is 0 Å². The summed E-state index contributed by atoms with van der Waals surface area (Å²) in [5.74, 6) is 0.0216. The van der Waals surface area contributed by atoms with Gasteiger partial charge in [0.25, 0.3) is 10.0 Å². The third-order valence-corrected chi connectivity index (χ3v) is 6.16. The summed E-state index contributed by atoms with van der Waals surface area (Å²) in [6.07, 6.45) is -3.43. The lowest BCUT2D eigenvalue weighted by molar-refractivity contribution is -0.274. The average Bonchev–Trinajstić information content (AvgIpc) is 2.75. The second kappa shape index (κ2) is 10.4. The molecule has 2 N–H and O–H groups in total. The first kappa shape index (κ1) is 26.2. The van der Waals surface area contributed by atoms with Gasteiger partial charge >= 0.3 is 6.36 Å². The van der Waals surface area contributed by atoms with Crippen LogP contribution in [0.1, 0.15) is 22.3 Å². The normalized spacial score (nSPS) is 12.1. The van der Waals surface area contributed by atoms with Crippen LogP contribution in [-0.2, 0) is 16.6 Å². The number of halogens is 4. The predicted octanol–water partition coefficient (Wildman–Crippen LogP) is 5.45. The number of alkyl halides is 3. The number of phenols is 1. The second-order valence-electron chi connectivity index (χ2n) is 7.43. The van der Waals surface area contributed by atoms with Gasteiger partial charge in [-0.15, -0.1) is 13.2 Å². The van der Waals surface area contributed by atoms with Crippen LogP contribution in [0.15, 0.2) is 64.6 Å². The Labute approximate surface area is 204 Å². The number of ether oxygens (including phenoxy) is 2. The molecule has 186 valence electrons. The molecule has 0 spiro atoms. The van der Waals surface area contributed by atoms with E-state index < -0.39 is 16.4 Å². The van der Waals surface area contributed by atoms with E-state index in [2.05, 4.69) is 14.7 Å². The number of rotatable bonds is 8. The molecule has 7 nitrogen and oxygen atoms in total. The third kappa shape index (κ3) is 7.27. The van der Waals surface area contributed by atoms with Crippen molar-refractivity contribution in [3.8, 4) is 17.2 Å². The molecule has 0 fully saturated rings. The first-order chi connectivity index (χ1) is 16.3. The maximum absolute atomic E-state index is 12.3. The summed E-state index contributed by atoms with van der Waals surface area (Å²) in [5, 5.41) is 13.1. The molecule has 3 aromatic carbocycles. The lowest BCUT2D eigenvalue weighted by atomic mass is 10.1. The van der Waals surface area contributed by atoms with Crippen molar-refractivity contribution < 1.29 is 36.2 Å². The van der Waals surface area contributed by atoms with Crippen LogP contribution in [0.3, 0.4) is 0 Å². The van der Waals surface area contributed by atoms with Crippen LogP contribution in [0.5, 0.6) is 17.2 Å². The van der Waals surface area contributed by atoms with Crippen LogP contribution in [0.2, 0.25) is 5.02 Å². The van der Waals surface area contributed by atoms with Crippen LogP contribution in [0.4, 0.5) is 13.2 Å². The molecule has 0 aliphatic carbocycles. The van der Waals surface area contributed by atoms with Gasteiger partial charge in [-0.05, 0) is 78.6 Å². The van der Waals surface area contributed by atoms with E-state index >= 15 is 0 Å². The van der Waals surface area contributed by atoms with E-state index in [1.807, 2.05) is 0 Å². The molecule has 0 saturated carbocycles. The minimum atomic E-state index is -4.75. The molecule has 0 aliphatic heterocycles. The van der Waals surface area contributed by atoms with Gasteiger partial charge in [0.15, 0.2) is 0 Å². The molecular formula is C23H20ClF3N2O5S. The minimum absolute atomic E-state index is 0.107. The van der Waals surface area contributed by atoms with Crippen LogP contribution < -0.4 is 14.3 Å². The lowest BCUT2D eigenvalue weighted by Gasteiger charge is -2.14. The first-order valence-corrected chi connectivity index (χ1v) is 11.8. The summed E-state index contributed by atoms with van der Waals surface area (Å²) in [4.78, 5) is 1.92. The van der Waals surface area contributed by atoms with Crippen molar-refractivity contribution in [3.63, 3.8) is 0 Å². The molecule has 0 bridgehead atoms. The third-order valence-electron chi connectivity index (χ3n) is 4.64. The highest BCUT2D eigenvalue weighted by Crippen LogP contribution is 2.27. The fraction of sp³-hybridized carbons (Fsp3) is 0.174. The highest BCUT2D eigenvalue weighted by atomic mass is 35.5. The van der Waals surface area contributed by atoms with E-state index in [1.165, 1.54) is 36.5 Å². The van der Waals surface area contributed by atoms with Crippen LogP contribution in [0, 0.1) is 13.8 Å². The van der Waals surface area contributed by atoms with Gasteiger partial charge < -0.3 is 14.6 Å². The van der Waals surface area contributed by atoms with Gasteiger partial charge in [0, 0.05) is 0 Å².